The first-order valence-corrected chi connectivity index (χ1v) is 16.3. The van der Waals surface area contributed by atoms with Crippen molar-refractivity contribution >= 4 is 71.3 Å². The number of nitrogens with zero attached hydrogens (tertiary/aromatic N) is 1. The summed E-state index contributed by atoms with van der Waals surface area (Å²) in [6, 6.07) is 55.5. The Hall–Kier alpha value is -5.86. The maximum Gasteiger partial charge on any atom is 0.136 e. The molecule has 222 valence electrons. The van der Waals surface area contributed by atoms with Gasteiger partial charge < -0.3 is 9.32 Å². The second kappa shape index (κ2) is 9.57. The van der Waals surface area contributed by atoms with E-state index >= 15 is 0 Å². The van der Waals surface area contributed by atoms with Gasteiger partial charge in [-0.1, -0.05) is 111 Å². The van der Waals surface area contributed by atoms with Gasteiger partial charge in [-0.3, -0.25) is 0 Å². The second-order valence-electron chi connectivity index (χ2n) is 13.4. The summed E-state index contributed by atoms with van der Waals surface area (Å²) in [6.45, 7) is 4.70. The van der Waals surface area contributed by atoms with Crippen molar-refractivity contribution in [1.82, 2.24) is 0 Å². The van der Waals surface area contributed by atoms with Crippen LogP contribution in [0.5, 0.6) is 0 Å². The number of anilines is 3. The van der Waals surface area contributed by atoms with Gasteiger partial charge in [-0.05, 0) is 109 Å². The number of fused-ring (bicyclic) bond motifs is 10. The molecular weight excluding hydrogens is 571 g/mol. The maximum atomic E-state index is 6.21. The van der Waals surface area contributed by atoms with Gasteiger partial charge in [0.1, 0.15) is 11.2 Å². The van der Waals surface area contributed by atoms with Crippen LogP contribution in [0.4, 0.5) is 17.1 Å². The zero-order valence-electron chi connectivity index (χ0n) is 26.3. The zero-order valence-corrected chi connectivity index (χ0v) is 26.3. The van der Waals surface area contributed by atoms with Crippen molar-refractivity contribution < 1.29 is 4.42 Å². The third-order valence-corrected chi connectivity index (χ3v) is 10.4. The standard InChI is InChI=1S/C45H31NO/c1-45(2)41-13-7-5-11-36(41)37-22-20-34(26-42(37)45)46(32-18-17-28-9-3-4-10-29(28)23-32)33-19-21-35-30(24-33)15-16-31-25-44-40(27-39(31)35)38-12-6-8-14-43(38)47-44/h3-27H,1-2H3. The molecule has 1 aliphatic rings. The number of rotatable bonds is 3. The van der Waals surface area contributed by atoms with Crippen LogP contribution in [-0.4, -0.2) is 0 Å². The molecule has 1 heterocycles. The minimum Gasteiger partial charge on any atom is -0.456 e. The Balaban J connectivity index is 1.18. The van der Waals surface area contributed by atoms with Crippen LogP contribution in [0.15, 0.2) is 156 Å². The van der Waals surface area contributed by atoms with Gasteiger partial charge in [0.25, 0.3) is 0 Å². The van der Waals surface area contributed by atoms with Crippen molar-refractivity contribution in [3.8, 4) is 11.1 Å². The summed E-state index contributed by atoms with van der Waals surface area (Å²) >= 11 is 0. The van der Waals surface area contributed by atoms with Gasteiger partial charge in [-0.25, -0.2) is 0 Å². The molecule has 1 aromatic heterocycles. The topological polar surface area (TPSA) is 16.4 Å². The molecule has 0 aliphatic heterocycles. The van der Waals surface area contributed by atoms with Crippen LogP contribution in [0.1, 0.15) is 25.0 Å². The predicted octanol–water partition coefficient (Wildman–Crippen LogP) is 12.8. The molecular formula is C45H31NO. The van der Waals surface area contributed by atoms with Gasteiger partial charge in [0.05, 0.1) is 0 Å². The Morgan fingerprint density at radius 3 is 1.94 bits per heavy atom. The first kappa shape index (κ1) is 26.4. The van der Waals surface area contributed by atoms with Crippen molar-refractivity contribution in [2.24, 2.45) is 0 Å². The minimum absolute atomic E-state index is 0.0815. The molecule has 0 N–H and O–H groups in total. The van der Waals surface area contributed by atoms with E-state index in [1.54, 1.807) is 0 Å². The van der Waals surface area contributed by atoms with E-state index in [0.29, 0.717) is 0 Å². The summed E-state index contributed by atoms with van der Waals surface area (Å²) in [5, 5.41) is 9.65. The van der Waals surface area contributed by atoms with Crippen molar-refractivity contribution in [2.75, 3.05) is 4.90 Å². The lowest BCUT2D eigenvalue weighted by atomic mass is 9.82. The van der Waals surface area contributed by atoms with Gasteiger partial charge >= 0.3 is 0 Å². The molecule has 0 radical (unpaired) electrons. The first-order valence-electron chi connectivity index (χ1n) is 16.3. The van der Waals surface area contributed by atoms with Crippen molar-refractivity contribution in [1.29, 1.82) is 0 Å². The van der Waals surface area contributed by atoms with Gasteiger partial charge in [0.2, 0.25) is 0 Å². The molecule has 2 nitrogen and oxygen atoms in total. The summed E-state index contributed by atoms with van der Waals surface area (Å²) in [5.74, 6) is 0. The van der Waals surface area contributed by atoms with Gasteiger partial charge in [-0.2, -0.15) is 0 Å². The van der Waals surface area contributed by atoms with E-state index in [1.165, 1.54) is 54.6 Å². The average Bonchev–Trinajstić information content (AvgIpc) is 3.58. The monoisotopic (exact) mass is 601 g/mol. The molecule has 2 heteroatoms. The second-order valence-corrected chi connectivity index (χ2v) is 13.4. The molecule has 47 heavy (non-hydrogen) atoms. The summed E-state index contributed by atoms with van der Waals surface area (Å²) < 4.78 is 6.21. The molecule has 0 atom stereocenters. The quantitative estimate of drug-likeness (QED) is 0.187. The molecule has 10 rings (SSSR count). The van der Waals surface area contributed by atoms with Crippen LogP contribution in [0.3, 0.4) is 0 Å². The fourth-order valence-electron chi connectivity index (χ4n) is 8.00. The van der Waals surface area contributed by atoms with Crippen LogP contribution in [0, 0.1) is 0 Å². The molecule has 0 amide bonds. The third kappa shape index (κ3) is 3.85. The summed E-state index contributed by atoms with van der Waals surface area (Å²) in [6.07, 6.45) is 0. The highest BCUT2D eigenvalue weighted by molar-refractivity contribution is 6.16. The number of hydrogen-bond donors (Lipinski definition) is 0. The molecule has 0 unspecified atom stereocenters. The molecule has 0 saturated carbocycles. The lowest BCUT2D eigenvalue weighted by Gasteiger charge is -2.28. The van der Waals surface area contributed by atoms with Crippen LogP contribution >= 0.6 is 0 Å². The van der Waals surface area contributed by atoms with E-state index in [1.807, 2.05) is 12.1 Å². The lowest BCUT2D eigenvalue weighted by Crippen LogP contribution is -2.16. The Bertz CT molecular complexity index is 2730. The summed E-state index contributed by atoms with van der Waals surface area (Å²) in [7, 11) is 0. The third-order valence-electron chi connectivity index (χ3n) is 10.4. The molecule has 0 fully saturated rings. The van der Waals surface area contributed by atoms with Crippen LogP contribution < -0.4 is 4.90 Å². The number of furan rings is 1. The fourth-order valence-corrected chi connectivity index (χ4v) is 8.00. The van der Waals surface area contributed by atoms with E-state index < -0.39 is 0 Å². The lowest BCUT2D eigenvalue weighted by molar-refractivity contribution is 0.660. The fraction of sp³-hybridized carbons (Fsp3) is 0.0667. The summed E-state index contributed by atoms with van der Waals surface area (Å²) in [4.78, 5) is 2.42. The van der Waals surface area contributed by atoms with Crippen molar-refractivity contribution in [2.45, 2.75) is 19.3 Å². The molecule has 0 saturated heterocycles. The highest BCUT2D eigenvalue weighted by atomic mass is 16.3. The SMILES string of the molecule is CC1(C)c2ccccc2-c2ccc(N(c3ccc4ccccc4c3)c3ccc4c(ccc5cc6oc7ccccc7c6cc54)c3)cc21. The smallest absolute Gasteiger partial charge is 0.136 e. The molecule has 0 spiro atoms. The highest BCUT2D eigenvalue weighted by Crippen LogP contribution is 2.51. The molecule has 8 aromatic carbocycles. The van der Waals surface area contributed by atoms with Gasteiger partial charge in [-0.15, -0.1) is 0 Å². The van der Waals surface area contributed by atoms with Crippen LogP contribution in [0.25, 0.3) is 65.4 Å². The van der Waals surface area contributed by atoms with Gasteiger partial charge in [0.15, 0.2) is 0 Å². The van der Waals surface area contributed by atoms with Crippen molar-refractivity contribution in [3.05, 3.63) is 163 Å². The molecule has 0 bridgehead atoms. The maximum absolute atomic E-state index is 6.21. The number of hydrogen-bond acceptors (Lipinski definition) is 2. The van der Waals surface area contributed by atoms with Crippen molar-refractivity contribution in [3.63, 3.8) is 0 Å². The first-order chi connectivity index (χ1) is 23.0. The van der Waals surface area contributed by atoms with Crippen LogP contribution in [-0.2, 0) is 5.41 Å². The van der Waals surface area contributed by atoms with E-state index in [0.717, 1.165) is 39.0 Å². The van der Waals surface area contributed by atoms with E-state index in [9.17, 15) is 0 Å². The zero-order chi connectivity index (χ0) is 31.3. The number of para-hydroxylation sites is 1. The Labute approximate surface area is 273 Å². The minimum atomic E-state index is -0.0815. The predicted molar refractivity (Wildman–Crippen MR) is 198 cm³/mol. The number of benzene rings is 8. The Kier molecular flexibility index (Phi) is 5.37. The van der Waals surface area contributed by atoms with E-state index in [2.05, 4.69) is 158 Å². The molecule has 1 aliphatic carbocycles. The Morgan fingerprint density at radius 1 is 0.404 bits per heavy atom. The normalized spacial score (nSPS) is 13.5. The largest absolute Gasteiger partial charge is 0.456 e. The van der Waals surface area contributed by atoms with Crippen LogP contribution in [0.2, 0.25) is 0 Å². The molecule has 9 aromatic rings. The highest BCUT2D eigenvalue weighted by Gasteiger charge is 2.35. The van der Waals surface area contributed by atoms with Gasteiger partial charge in [0, 0.05) is 33.2 Å². The summed E-state index contributed by atoms with van der Waals surface area (Å²) in [5.41, 5.74) is 10.6. The van der Waals surface area contributed by atoms with E-state index in [4.69, 9.17) is 4.42 Å². The van der Waals surface area contributed by atoms with E-state index in [-0.39, 0.29) is 5.41 Å². The Morgan fingerprint density at radius 2 is 1.04 bits per heavy atom. The average molecular weight is 602 g/mol.